The Morgan fingerprint density at radius 1 is 1.45 bits per heavy atom. The first-order chi connectivity index (χ1) is 9.23. The summed E-state index contributed by atoms with van der Waals surface area (Å²) in [5, 5.41) is 11.2. The van der Waals surface area contributed by atoms with Crippen LogP contribution in [0.15, 0.2) is 6.20 Å². The van der Waals surface area contributed by atoms with Crippen molar-refractivity contribution in [3.8, 4) is 0 Å². The number of amides is 2. The van der Waals surface area contributed by atoms with Gasteiger partial charge in [0.15, 0.2) is 0 Å². The van der Waals surface area contributed by atoms with E-state index in [0.29, 0.717) is 0 Å². The average Bonchev–Trinajstić information content (AvgIpc) is 2.33. The molecular weight excluding hydrogens is 264 g/mol. The zero-order chi connectivity index (χ0) is 15.1. The highest BCUT2D eigenvalue weighted by Gasteiger charge is 2.42. The molecular formula is C12H14N4O4. The summed E-state index contributed by atoms with van der Waals surface area (Å²) in [6, 6.07) is 0. The average molecular weight is 278 g/mol. The number of carboxylic acids is 1. The Morgan fingerprint density at radius 2 is 2.10 bits per heavy atom. The van der Waals surface area contributed by atoms with Crippen molar-refractivity contribution in [2.45, 2.75) is 26.3 Å². The number of carboxylic acid groups (broad SMARTS) is 1. The van der Waals surface area contributed by atoms with Crippen molar-refractivity contribution < 1.29 is 19.5 Å². The molecule has 106 valence electrons. The molecule has 1 aliphatic rings. The quantitative estimate of drug-likeness (QED) is 0.715. The van der Waals surface area contributed by atoms with Crippen LogP contribution < -0.4 is 10.2 Å². The van der Waals surface area contributed by atoms with Crippen LogP contribution in [0.4, 0.5) is 5.95 Å². The van der Waals surface area contributed by atoms with Crippen LogP contribution in [0.3, 0.4) is 0 Å². The van der Waals surface area contributed by atoms with Gasteiger partial charge in [-0.15, -0.1) is 0 Å². The second kappa shape index (κ2) is 4.55. The van der Waals surface area contributed by atoms with E-state index in [2.05, 4.69) is 15.3 Å². The van der Waals surface area contributed by atoms with Crippen LogP contribution in [-0.2, 0) is 9.59 Å². The summed E-state index contributed by atoms with van der Waals surface area (Å²) in [7, 11) is 0. The van der Waals surface area contributed by atoms with E-state index in [1.165, 1.54) is 18.0 Å². The van der Waals surface area contributed by atoms with Gasteiger partial charge >= 0.3 is 5.97 Å². The van der Waals surface area contributed by atoms with E-state index in [0.717, 1.165) is 0 Å². The molecule has 0 saturated carbocycles. The molecule has 0 aromatic carbocycles. The Labute approximate surface area is 114 Å². The number of carbonyl (C=O) groups is 3. The van der Waals surface area contributed by atoms with Crippen molar-refractivity contribution >= 4 is 23.7 Å². The summed E-state index contributed by atoms with van der Waals surface area (Å²) in [4.78, 5) is 43.7. The smallest absolute Gasteiger partial charge is 0.339 e. The van der Waals surface area contributed by atoms with Crippen molar-refractivity contribution in [1.29, 1.82) is 0 Å². The molecule has 8 heteroatoms. The standard InChI is InChI=1S/C12H14N4O4/c1-6-7(9(18)19)4-13-11(14-6)16-5-8(17)15-10(20)12(16,2)3/h4H,5H2,1-3H3,(H,18,19)(H,15,17,20). The van der Waals surface area contributed by atoms with E-state index >= 15 is 0 Å². The molecule has 8 nitrogen and oxygen atoms in total. The number of aromatic carboxylic acids is 1. The molecule has 0 radical (unpaired) electrons. The summed E-state index contributed by atoms with van der Waals surface area (Å²) in [6.07, 6.45) is 1.17. The van der Waals surface area contributed by atoms with Gasteiger partial charge in [-0.2, -0.15) is 0 Å². The third-order valence-electron chi connectivity index (χ3n) is 3.22. The summed E-state index contributed by atoms with van der Waals surface area (Å²) in [5.74, 6) is -1.86. The van der Waals surface area contributed by atoms with Gasteiger partial charge in [0.05, 0.1) is 11.3 Å². The molecule has 2 heterocycles. The van der Waals surface area contributed by atoms with Crippen LogP contribution in [0.1, 0.15) is 29.9 Å². The van der Waals surface area contributed by atoms with E-state index in [1.807, 2.05) is 0 Å². The number of nitrogens with zero attached hydrogens (tertiary/aromatic N) is 3. The lowest BCUT2D eigenvalue weighted by molar-refractivity contribution is -0.135. The zero-order valence-electron chi connectivity index (χ0n) is 11.3. The van der Waals surface area contributed by atoms with Gasteiger partial charge in [0.2, 0.25) is 11.9 Å². The lowest BCUT2D eigenvalue weighted by Gasteiger charge is -2.40. The molecule has 0 unspecified atom stereocenters. The highest BCUT2D eigenvalue weighted by Crippen LogP contribution is 2.23. The van der Waals surface area contributed by atoms with Crippen LogP contribution >= 0.6 is 0 Å². The minimum atomic E-state index is -1.12. The van der Waals surface area contributed by atoms with E-state index in [4.69, 9.17) is 5.11 Å². The molecule has 1 saturated heterocycles. The Hall–Kier alpha value is -2.51. The summed E-state index contributed by atoms with van der Waals surface area (Å²) in [6.45, 7) is 4.75. The SMILES string of the molecule is Cc1nc(N2CC(=O)NC(=O)C2(C)C)ncc1C(=O)O. The number of hydrogen-bond acceptors (Lipinski definition) is 6. The largest absolute Gasteiger partial charge is 0.478 e. The molecule has 1 fully saturated rings. The number of aromatic nitrogens is 2. The maximum Gasteiger partial charge on any atom is 0.339 e. The third kappa shape index (κ3) is 2.20. The fourth-order valence-corrected chi connectivity index (χ4v) is 1.90. The van der Waals surface area contributed by atoms with Gasteiger partial charge in [0.25, 0.3) is 5.91 Å². The van der Waals surface area contributed by atoms with Crippen molar-refractivity contribution in [3.05, 3.63) is 17.5 Å². The minimum absolute atomic E-state index is 0.0145. The Kier molecular flexibility index (Phi) is 3.16. The minimum Gasteiger partial charge on any atom is -0.478 e. The monoisotopic (exact) mass is 278 g/mol. The molecule has 1 aliphatic heterocycles. The first kappa shape index (κ1) is 13.9. The molecule has 1 aromatic rings. The van der Waals surface area contributed by atoms with Gasteiger partial charge in [-0.3, -0.25) is 14.9 Å². The fraction of sp³-hybridized carbons (Fsp3) is 0.417. The predicted octanol–water partition coefficient (Wildman–Crippen LogP) is -0.275. The Balaban J connectivity index is 2.44. The number of imide groups is 1. The maximum absolute atomic E-state index is 11.8. The lowest BCUT2D eigenvalue weighted by Crippen LogP contribution is -2.64. The zero-order valence-corrected chi connectivity index (χ0v) is 11.3. The van der Waals surface area contributed by atoms with Crippen molar-refractivity contribution in [2.24, 2.45) is 0 Å². The molecule has 0 atom stereocenters. The second-order valence-electron chi connectivity index (χ2n) is 5.00. The number of piperazine rings is 1. The van der Waals surface area contributed by atoms with Crippen molar-refractivity contribution in [3.63, 3.8) is 0 Å². The molecule has 0 aliphatic carbocycles. The van der Waals surface area contributed by atoms with Crippen LogP contribution in [0.25, 0.3) is 0 Å². The Morgan fingerprint density at radius 3 is 2.65 bits per heavy atom. The van der Waals surface area contributed by atoms with E-state index in [-0.39, 0.29) is 23.8 Å². The van der Waals surface area contributed by atoms with Gasteiger partial charge in [-0.1, -0.05) is 0 Å². The predicted molar refractivity (Wildman–Crippen MR) is 68.3 cm³/mol. The van der Waals surface area contributed by atoms with Crippen molar-refractivity contribution in [1.82, 2.24) is 15.3 Å². The number of rotatable bonds is 2. The highest BCUT2D eigenvalue weighted by atomic mass is 16.4. The number of carbonyl (C=O) groups excluding carboxylic acids is 2. The van der Waals surface area contributed by atoms with Gasteiger partial charge in [-0.05, 0) is 20.8 Å². The van der Waals surface area contributed by atoms with Crippen LogP contribution in [0.2, 0.25) is 0 Å². The molecule has 0 spiro atoms. The van der Waals surface area contributed by atoms with Crippen LogP contribution in [0.5, 0.6) is 0 Å². The van der Waals surface area contributed by atoms with E-state index in [9.17, 15) is 14.4 Å². The lowest BCUT2D eigenvalue weighted by atomic mass is 9.99. The maximum atomic E-state index is 11.8. The second-order valence-corrected chi connectivity index (χ2v) is 5.00. The van der Waals surface area contributed by atoms with Crippen LogP contribution in [-0.4, -0.2) is 44.9 Å². The molecule has 0 bridgehead atoms. The highest BCUT2D eigenvalue weighted by molar-refractivity contribution is 6.06. The number of nitrogens with one attached hydrogen (secondary N) is 1. The summed E-state index contributed by atoms with van der Waals surface area (Å²) in [5.41, 5.74) is -0.735. The first-order valence-corrected chi connectivity index (χ1v) is 5.92. The summed E-state index contributed by atoms with van der Waals surface area (Å²) < 4.78 is 0. The molecule has 20 heavy (non-hydrogen) atoms. The van der Waals surface area contributed by atoms with Gasteiger partial charge in [-0.25, -0.2) is 14.8 Å². The topological polar surface area (TPSA) is 112 Å². The number of hydrogen-bond donors (Lipinski definition) is 2. The van der Waals surface area contributed by atoms with Crippen molar-refractivity contribution in [2.75, 3.05) is 11.4 Å². The summed E-state index contributed by atoms with van der Waals surface area (Å²) >= 11 is 0. The van der Waals surface area contributed by atoms with Gasteiger partial charge in [0, 0.05) is 6.20 Å². The van der Waals surface area contributed by atoms with E-state index in [1.54, 1.807) is 13.8 Å². The molecule has 2 amide bonds. The number of aryl methyl sites for hydroxylation is 1. The Bertz CT molecular complexity index is 611. The van der Waals surface area contributed by atoms with Crippen LogP contribution in [0, 0.1) is 6.92 Å². The normalized spacial score (nSPS) is 17.9. The van der Waals surface area contributed by atoms with Gasteiger partial charge in [0.1, 0.15) is 12.1 Å². The molecule has 2 N–H and O–H groups in total. The fourth-order valence-electron chi connectivity index (χ4n) is 1.90. The van der Waals surface area contributed by atoms with Gasteiger partial charge < -0.3 is 10.0 Å². The molecule has 2 rings (SSSR count). The molecule has 1 aromatic heterocycles. The van der Waals surface area contributed by atoms with E-state index < -0.39 is 23.3 Å². The third-order valence-corrected chi connectivity index (χ3v) is 3.22. The number of anilines is 1. The first-order valence-electron chi connectivity index (χ1n) is 5.92.